The molecule has 0 aliphatic carbocycles. The minimum absolute atomic E-state index is 0.0898. The van der Waals surface area contributed by atoms with Gasteiger partial charge in [-0.1, -0.05) is 18.2 Å². The molecule has 1 amide bonds. The highest BCUT2D eigenvalue weighted by Gasteiger charge is 2.33. The summed E-state index contributed by atoms with van der Waals surface area (Å²) < 4.78 is 5.13. The van der Waals surface area contributed by atoms with Gasteiger partial charge in [-0.05, 0) is 50.0 Å². The lowest BCUT2D eigenvalue weighted by Crippen LogP contribution is -2.30. The van der Waals surface area contributed by atoms with E-state index in [1.807, 2.05) is 26.0 Å². The first-order valence-electron chi connectivity index (χ1n) is 10.6. The fourth-order valence-electron chi connectivity index (χ4n) is 3.89. The number of nitrogens with one attached hydrogen (secondary N) is 1. The maximum absolute atomic E-state index is 13.2. The van der Waals surface area contributed by atoms with E-state index in [0.29, 0.717) is 29.7 Å². The van der Waals surface area contributed by atoms with Gasteiger partial charge in [0.05, 0.1) is 24.1 Å². The lowest BCUT2D eigenvalue weighted by molar-refractivity contribution is -0.148. The van der Waals surface area contributed by atoms with Crippen LogP contribution in [0.2, 0.25) is 0 Å². The summed E-state index contributed by atoms with van der Waals surface area (Å²) in [4.78, 5) is 51.1. The van der Waals surface area contributed by atoms with Gasteiger partial charge in [-0.3, -0.25) is 24.1 Å². The molecule has 0 unspecified atom stereocenters. The minimum atomic E-state index is -1.10. The van der Waals surface area contributed by atoms with E-state index in [0.717, 1.165) is 22.5 Å². The molecule has 0 radical (unpaired) electrons. The molecular formula is C24H26N2O7. The zero-order valence-corrected chi connectivity index (χ0v) is 18.5. The van der Waals surface area contributed by atoms with Crippen LogP contribution in [0.25, 0.3) is 11.6 Å². The van der Waals surface area contributed by atoms with Gasteiger partial charge >= 0.3 is 17.9 Å². The number of esters is 1. The summed E-state index contributed by atoms with van der Waals surface area (Å²) in [6.45, 7) is 3.53. The van der Waals surface area contributed by atoms with E-state index in [4.69, 9.17) is 14.9 Å². The molecule has 1 aliphatic rings. The van der Waals surface area contributed by atoms with Gasteiger partial charge < -0.3 is 19.9 Å². The molecule has 1 aromatic carbocycles. The highest BCUT2D eigenvalue weighted by atomic mass is 16.5. The van der Waals surface area contributed by atoms with Crippen molar-refractivity contribution in [3.63, 3.8) is 0 Å². The number of benzene rings is 1. The van der Waals surface area contributed by atoms with E-state index in [9.17, 15) is 19.2 Å². The maximum atomic E-state index is 13.2. The van der Waals surface area contributed by atoms with E-state index >= 15 is 0 Å². The number of fused-ring (bicyclic) bond motifs is 1. The number of carbonyl (C=O) groups is 4. The Kier molecular flexibility index (Phi) is 7.32. The first-order chi connectivity index (χ1) is 15.7. The summed E-state index contributed by atoms with van der Waals surface area (Å²) in [7, 11) is 0. The van der Waals surface area contributed by atoms with Crippen LogP contribution >= 0.6 is 0 Å². The number of ether oxygens (including phenoxy) is 1. The number of hydrogen-bond acceptors (Lipinski definition) is 5. The molecule has 174 valence electrons. The van der Waals surface area contributed by atoms with Crippen molar-refractivity contribution in [2.45, 2.75) is 46.0 Å². The van der Waals surface area contributed by atoms with Crippen molar-refractivity contribution in [1.82, 2.24) is 4.98 Å². The maximum Gasteiger partial charge on any atom is 0.308 e. The van der Waals surface area contributed by atoms with Gasteiger partial charge in [0.15, 0.2) is 6.73 Å². The fraction of sp³-hybridized carbons (Fsp3) is 0.333. The molecule has 1 aromatic heterocycles. The summed E-state index contributed by atoms with van der Waals surface area (Å²) in [5.74, 6) is -2.96. The van der Waals surface area contributed by atoms with Crippen LogP contribution in [-0.2, 0) is 30.3 Å². The second-order valence-corrected chi connectivity index (χ2v) is 7.86. The molecule has 3 N–H and O–H groups in total. The minimum Gasteiger partial charge on any atom is -0.481 e. The first-order valence-corrected chi connectivity index (χ1v) is 10.6. The molecule has 0 atom stereocenters. The third kappa shape index (κ3) is 5.49. The molecule has 33 heavy (non-hydrogen) atoms. The third-order valence-electron chi connectivity index (χ3n) is 5.60. The normalized spacial score (nSPS) is 13.9. The van der Waals surface area contributed by atoms with E-state index in [-0.39, 0.29) is 31.9 Å². The number of anilines is 1. The highest BCUT2D eigenvalue weighted by Crippen LogP contribution is 2.38. The molecule has 2 heterocycles. The summed E-state index contributed by atoms with van der Waals surface area (Å²) in [6, 6.07) is 7.15. The molecule has 0 spiro atoms. The fourth-order valence-corrected chi connectivity index (χ4v) is 3.89. The number of hydrogen-bond donors (Lipinski definition) is 3. The molecule has 9 nitrogen and oxygen atoms in total. The molecule has 9 heteroatoms. The largest absolute Gasteiger partial charge is 0.481 e. The zero-order valence-electron chi connectivity index (χ0n) is 18.5. The van der Waals surface area contributed by atoms with E-state index in [2.05, 4.69) is 4.98 Å². The Bertz CT molecular complexity index is 1130. The number of rotatable bonds is 10. The number of amides is 1. The number of aliphatic carboxylic acids is 2. The number of carboxylic acid groups (broad SMARTS) is 2. The van der Waals surface area contributed by atoms with Crippen LogP contribution in [0.15, 0.2) is 24.3 Å². The second-order valence-electron chi connectivity index (χ2n) is 7.86. The molecule has 0 saturated heterocycles. The van der Waals surface area contributed by atoms with Crippen molar-refractivity contribution in [3.8, 4) is 0 Å². The number of aromatic amines is 1. The average molecular weight is 454 g/mol. The molecule has 1 aliphatic heterocycles. The molecule has 3 rings (SSSR count). The number of aromatic nitrogens is 1. The Hall–Kier alpha value is -3.88. The van der Waals surface area contributed by atoms with Gasteiger partial charge in [0.2, 0.25) is 0 Å². The number of carbonyl (C=O) groups excluding carboxylic acids is 2. The third-order valence-corrected chi connectivity index (χ3v) is 5.60. The topological polar surface area (TPSA) is 137 Å². The smallest absolute Gasteiger partial charge is 0.308 e. The quantitative estimate of drug-likeness (QED) is 0.370. The molecule has 0 saturated carbocycles. The average Bonchev–Trinajstić information content (AvgIpc) is 3.18. The van der Waals surface area contributed by atoms with Gasteiger partial charge in [0.25, 0.3) is 5.91 Å². The predicted molar refractivity (Wildman–Crippen MR) is 120 cm³/mol. The zero-order chi connectivity index (χ0) is 24.1. The van der Waals surface area contributed by atoms with Gasteiger partial charge in [0.1, 0.15) is 0 Å². The molecular weight excluding hydrogens is 428 g/mol. The van der Waals surface area contributed by atoms with Crippen molar-refractivity contribution in [3.05, 3.63) is 52.3 Å². The first kappa shape index (κ1) is 23.8. The lowest BCUT2D eigenvalue weighted by Gasteiger charge is -2.16. The summed E-state index contributed by atoms with van der Waals surface area (Å²) >= 11 is 0. The van der Waals surface area contributed by atoms with Crippen LogP contribution in [0.1, 0.15) is 53.8 Å². The summed E-state index contributed by atoms with van der Waals surface area (Å²) in [6.07, 6.45) is 2.38. The van der Waals surface area contributed by atoms with Gasteiger partial charge in [0, 0.05) is 23.4 Å². The van der Waals surface area contributed by atoms with Crippen molar-refractivity contribution >= 4 is 41.2 Å². The Balaban J connectivity index is 1.83. The van der Waals surface area contributed by atoms with Crippen LogP contribution in [0.5, 0.6) is 0 Å². The summed E-state index contributed by atoms with van der Waals surface area (Å²) in [5.41, 5.74) is 5.41. The molecule has 0 fully saturated rings. The van der Waals surface area contributed by atoms with Crippen molar-refractivity contribution in [2.24, 2.45) is 0 Å². The van der Waals surface area contributed by atoms with Gasteiger partial charge in [-0.25, -0.2) is 0 Å². The van der Waals surface area contributed by atoms with Crippen LogP contribution in [-0.4, -0.2) is 45.7 Å². The Morgan fingerprint density at radius 3 is 2.45 bits per heavy atom. The Labute approximate surface area is 190 Å². The molecule has 0 bridgehead atoms. The molecule has 2 aromatic rings. The standard InChI is InChI=1S/C24H26N2O7/c1-14-16(7-5-9-21(27)28)15(2)25-19(14)12-18-17-6-3-4-8-20(17)26(24(18)32)13-33-23(31)11-10-22(29)30/h3-4,6,8,12,25H,5,7,9-11,13H2,1-2H3,(H,27,28)(H,29,30). The van der Waals surface area contributed by atoms with Crippen LogP contribution < -0.4 is 4.90 Å². The van der Waals surface area contributed by atoms with E-state index in [1.54, 1.807) is 18.2 Å². The number of H-pyrrole nitrogens is 1. The van der Waals surface area contributed by atoms with Gasteiger partial charge in [-0.2, -0.15) is 0 Å². The van der Waals surface area contributed by atoms with Crippen molar-refractivity contribution in [2.75, 3.05) is 11.6 Å². The predicted octanol–water partition coefficient (Wildman–Crippen LogP) is 3.29. The highest BCUT2D eigenvalue weighted by molar-refractivity contribution is 6.35. The monoisotopic (exact) mass is 454 g/mol. The number of para-hydroxylation sites is 1. The second kappa shape index (κ2) is 10.2. The SMILES string of the molecule is Cc1[nH]c(C=C2C(=O)N(COC(=O)CCC(=O)O)c3ccccc32)c(C)c1CCCC(=O)O. The van der Waals surface area contributed by atoms with Crippen LogP contribution in [0, 0.1) is 13.8 Å². The van der Waals surface area contributed by atoms with E-state index in [1.165, 1.54) is 4.90 Å². The Morgan fingerprint density at radius 2 is 1.76 bits per heavy atom. The van der Waals surface area contributed by atoms with Crippen molar-refractivity contribution < 1.29 is 34.1 Å². The summed E-state index contributed by atoms with van der Waals surface area (Å²) in [5, 5.41) is 17.6. The number of carboxylic acids is 2. The van der Waals surface area contributed by atoms with E-state index < -0.39 is 17.9 Å². The lowest BCUT2D eigenvalue weighted by atomic mass is 10.0. The van der Waals surface area contributed by atoms with Crippen LogP contribution in [0.4, 0.5) is 5.69 Å². The van der Waals surface area contributed by atoms with Crippen molar-refractivity contribution in [1.29, 1.82) is 0 Å². The van der Waals surface area contributed by atoms with Gasteiger partial charge in [-0.15, -0.1) is 0 Å². The number of aryl methyl sites for hydroxylation is 1. The van der Waals surface area contributed by atoms with Crippen LogP contribution in [0.3, 0.4) is 0 Å². The Morgan fingerprint density at radius 1 is 1.06 bits per heavy atom. The number of nitrogens with zero attached hydrogens (tertiary/aromatic N) is 1.